The molecule has 0 saturated heterocycles. The molecule has 80 valence electrons. The molecule has 0 amide bonds. The van der Waals surface area contributed by atoms with Crippen LogP contribution in [0.2, 0.25) is 0 Å². The summed E-state index contributed by atoms with van der Waals surface area (Å²) in [5.41, 5.74) is 1.22. The molecule has 3 heteroatoms. The van der Waals surface area contributed by atoms with E-state index in [1.54, 1.807) is 7.11 Å². The lowest BCUT2D eigenvalue weighted by Gasteiger charge is -2.23. The molecule has 0 radical (unpaired) electrons. The van der Waals surface area contributed by atoms with Crippen molar-refractivity contribution < 1.29 is 4.74 Å². The SMILES string of the molecule is COc1ncn(C(C)C)c1C(C)(C)C. The first-order valence-electron chi connectivity index (χ1n) is 4.99. The molecule has 0 spiro atoms. The van der Waals surface area contributed by atoms with Crippen molar-refractivity contribution >= 4 is 0 Å². The van der Waals surface area contributed by atoms with E-state index < -0.39 is 0 Å². The summed E-state index contributed by atoms with van der Waals surface area (Å²) in [5.74, 6) is 0.742. The topological polar surface area (TPSA) is 27.1 Å². The fourth-order valence-corrected chi connectivity index (χ4v) is 1.59. The monoisotopic (exact) mass is 196 g/mol. The number of nitrogens with zero attached hydrogens (tertiary/aromatic N) is 2. The summed E-state index contributed by atoms with van der Waals surface area (Å²) in [6.07, 6.45) is 1.85. The van der Waals surface area contributed by atoms with Crippen LogP contribution in [0.3, 0.4) is 0 Å². The summed E-state index contributed by atoms with van der Waals surface area (Å²) in [4.78, 5) is 4.26. The molecule has 1 heterocycles. The van der Waals surface area contributed by atoms with Gasteiger partial charge in [-0.3, -0.25) is 0 Å². The van der Waals surface area contributed by atoms with E-state index in [9.17, 15) is 0 Å². The average Bonchev–Trinajstić information content (AvgIpc) is 2.45. The molecule has 0 fully saturated rings. The lowest BCUT2D eigenvalue weighted by atomic mass is 9.92. The quantitative estimate of drug-likeness (QED) is 0.727. The van der Waals surface area contributed by atoms with Crippen LogP contribution in [0.4, 0.5) is 0 Å². The van der Waals surface area contributed by atoms with E-state index in [1.807, 2.05) is 6.33 Å². The van der Waals surface area contributed by atoms with E-state index in [-0.39, 0.29) is 5.41 Å². The zero-order valence-electron chi connectivity index (χ0n) is 9.96. The highest BCUT2D eigenvalue weighted by Crippen LogP contribution is 2.31. The summed E-state index contributed by atoms with van der Waals surface area (Å²) in [5, 5.41) is 0. The molecule has 0 atom stereocenters. The fraction of sp³-hybridized carbons (Fsp3) is 0.727. The molecule has 0 aliphatic carbocycles. The average molecular weight is 196 g/mol. The van der Waals surface area contributed by atoms with Crippen molar-refractivity contribution in [3.63, 3.8) is 0 Å². The van der Waals surface area contributed by atoms with Crippen molar-refractivity contribution in [1.29, 1.82) is 0 Å². The van der Waals surface area contributed by atoms with Gasteiger partial charge < -0.3 is 9.30 Å². The third kappa shape index (κ3) is 1.91. The minimum atomic E-state index is 0.0616. The van der Waals surface area contributed by atoms with Crippen molar-refractivity contribution in [3.8, 4) is 5.88 Å². The number of methoxy groups -OCH3 is 1. The van der Waals surface area contributed by atoms with Gasteiger partial charge >= 0.3 is 0 Å². The van der Waals surface area contributed by atoms with Crippen molar-refractivity contribution in [2.75, 3.05) is 7.11 Å². The highest BCUT2D eigenvalue weighted by molar-refractivity contribution is 5.27. The molecule has 0 aromatic carbocycles. The summed E-state index contributed by atoms with van der Waals surface area (Å²) < 4.78 is 7.44. The maximum absolute atomic E-state index is 5.27. The van der Waals surface area contributed by atoms with Crippen LogP contribution in [0.15, 0.2) is 6.33 Å². The van der Waals surface area contributed by atoms with Gasteiger partial charge in [-0.15, -0.1) is 0 Å². The Balaban J connectivity index is 3.27. The first-order valence-corrected chi connectivity index (χ1v) is 4.99. The lowest BCUT2D eigenvalue weighted by molar-refractivity contribution is 0.374. The van der Waals surface area contributed by atoms with Gasteiger partial charge in [-0.05, 0) is 13.8 Å². The zero-order chi connectivity index (χ0) is 10.9. The molecule has 1 aromatic rings. The number of ether oxygens (including phenoxy) is 1. The van der Waals surface area contributed by atoms with Crippen LogP contribution < -0.4 is 4.74 Å². The Morgan fingerprint density at radius 3 is 2.29 bits per heavy atom. The van der Waals surface area contributed by atoms with E-state index >= 15 is 0 Å². The second-order valence-electron chi connectivity index (χ2n) is 4.85. The van der Waals surface area contributed by atoms with Crippen LogP contribution in [-0.4, -0.2) is 16.7 Å². The predicted octanol–water partition coefficient (Wildman–Crippen LogP) is 2.77. The Morgan fingerprint density at radius 1 is 1.36 bits per heavy atom. The third-order valence-electron chi connectivity index (χ3n) is 2.22. The fourth-order valence-electron chi connectivity index (χ4n) is 1.59. The lowest BCUT2D eigenvalue weighted by Crippen LogP contribution is -2.19. The Morgan fingerprint density at radius 2 is 1.93 bits per heavy atom. The van der Waals surface area contributed by atoms with E-state index in [2.05, 4.69) is 44.2 Å². The maximum Gasteiger partial charge on any atom is 0.235 e. The molecule has 1 aromatic heterocycles. The summed E-state index contributed by atoms with van der Waals surface area (Å²) in [7, 11) is 1.67. The summed E-state index contributed by atoms with van der Waals surface area (Å²) in [6.45, 7) is 10.8. The second kappa shape index (κ2) is 3.64. The normalized spacial score (nSPS) is 12.2. The van der Waals surface area contributed by atoms with Crippen LogP contribution >= 0.6 is 0 Å². The Kier molecular flexibility index (Phi) is 2.88. The molecule has 3 nitrogen and oxygen atoms in total. The number of rotatable bonds is 2. The summed E-state index contributed by atoms with van der Waals surface area (Å²) >= 11 is 0. The van der Waals surface area contributed by atoms with E-state index in [1.165, 1.54) is 0 Å². The molecule has 0 aliphatic rings. The van der Waals surface area contributed by atoms with Crippen molar-refractivity contribution in [3.05, 3.63) is 12.0 Å². The zero-order valence-corrected chi connectivity index (χ0v) is 9.96. The van der Waals surface area contributed by atoms with Crippen LogP contribution in [0, 0.1) is 0 Å². The molecule has 0 aliphatic heterocycles. The molecule has 0 unspecified atom stereocenters. The van der Waals surface area contributed by atoms with Crippen LogP contribution in [0.1, 0.15) is 46.4 Å². The minimum absolute atomic E-state index is 0.0616. The minimum Gasteiger partial charge on any atom is -0.480 e. The van der Waals surface area contributed by atoms with Crippen LogP contribution in [-0.2, 0) is 5.41 Å². The predicted molar refractivity (Wildman–Crippen MR) is 57.9 cm³/mol. The number of hydrogen-bond donors (Lipinski definition) is 0. The Labute approximate surface area is 86.1 Å². The van der Waals surface area contributed by atoms with Gasteiger partial charge in [0.2, 0.25) is 5.88 Å². The Hall–Kier alpha value is -0.990. The molecular formula is C11H20N2O. The van der Waals surface area contributed by atoms with Gasteiger partial charge in [0.25, 0.3) is 0 Å². The molecule has 1 rings (SSSR count). The number of hydrogen-bond acceptors (Lipinski definition) is 2. The second-order valence-corrected chi connectivity index (χ2v) is 4.85. The smallest absolute Gasteiger partial charge is 0.235 e. The molecule has 14 heavy (non-hydrogen) atoms. The van der Waals surface area contributed by atoms with Gasteiger partial charge in [0.15, 0.2) is 0 Å². The van der Waals surface area contributed by atoms with Gasteiger partial charge in [0.1, 0.15) is 0 Å². The van der Waals surface area contributed by atoms with Gasteiger partial charge in [-0.2, -0.15) is 0 Å². The Bertz CT molecular complexity index is 308. The molecule has 0 saturated carbocycles. The molecule has 0 bridgehead atoms. The van der Waals surface area contributed by atoms with Gasteiger partial charge in [-0.25, -0.2) is 4.98 Å². The first kappa shape index (κ1) is 11.1. The molecular weight excluding hydrogens is 176 g/mol. The molecule has 0 N–H and O–H groups in total. The van der Waals surface area contributed by atoms with Crippen molar-refractivity contribution in [1.82, 2.24) is 9.55 Å². The number of aromatic nitrogens is 2. The van der Waals surface area contributed by atoms with Gasteiger partial charge in [0, 0.05) is 11.5 Å². The van der Waals surface area contributed by atoms with E-state index in [0.717, 1.165) is 11.6 Å². The van der Waals surface area contributed by atoms with E-state index in [0.29, 0.717) is 6.04 Å². The van der Waals surface area contributed by atoms with Gasteiger partial charge in [-0.1, -0.05) is 20.8 Å². The highest BCUT2D eigenvalue weighted by atomic mass is 16.5. The summed E-state index contributed by atoms with van der Waals surface area (Å²) in [6, 6.07) is 0.417. The first-order chi connectivity index (χ1) is 6.38. The standard InChI is InChI=1S/C11H20N2O/c1-8(2)13-7-12-10(14-6)9(13)11(3,4)5/h7-8H,1-6H3. The van der Waals surface area contributed by atoms with Gasteiger partial charge in [0.05, 0.1) is 19.1 Å². The maximum atomic E-state index is 5.27. The van der Waals surface area contributed by atoms with Crippen molar-refractivity contribution in [2.24, 2.45) is 0 Å². The highest BCUT2D eigenvalue weighted by Gasteiger charge is 2.25. The van der Waals surface area contributed by atoms with E-state index in [4.69, 9.17) is 4.74 Å². The number of imidazole rings is 1. The van der Waals surface area contributed by atoms with Crippen LogP contribution in [0.5, 0.6) is 5.88 Å². The third-order valence-corrected chi connectivity index (χ3v) is 2.22. The van der Waals surface area contributed by atoms with Crippen LogP contribution in [0.25, 0.3) is 0 Å². The largest absolute Gasteiger partial charge is 0.480 e. The van der Waals surface area contributed by atoms with Crippen molar-refractivity contribution in [2.45, 2.75) is 46.1 Å².